The maximum Gasteiger partial charge on any atom is 0.407 e. The van der Waals surface area contributed by atoms with Gasteiger partial charge < -0.3 is 49.7 Å². The molecular weight excluding hydrogens is 634 g/mol. The van der Waals surface area contributed by atoms with E-state index in [2.05, 4.69) is 10.6 Å². The molecule has 0 aromatic carbocycles. The van der Waals surface area contributed by atoms with E-state index in [0.717, 1.165) is 34.3 Å². The fraction of sp³-hybridized carbons (Fsp3) is 0.690. The van der Waals surface area contributed by atoms with Crippen molar-refractivity contribution in [2.75, 3.05) is 108 Å². The molecule has 0 aliphatic heterocycles. The SMILES string of the molecule is CN(C=O)CC(=O)N(C)CC(=O)N(C)CC(=O)N(C)CC(=O)N(C)CC(=O)N(C)CC(=O)N(C)CC(=O)NCCNC(=O)OC(C)(C)C. The number of hydrogen-bond acceptors (Lipinski definition) is 10. The van der Waals surface area contributed by atoms with Gasteiger partial charge in [-0.2, -0.15) is 0 Å². The average Bonchev–Trinajstić information content (AvgIpc) is 2.97. The van der Waals surface area contributed by atoms with Gasteiger partial charge in [0.15, 0.2) is 0 Å². The monoisotopic (exact) mass is 685 g/mol. The standard InChI is InChI=1S/C29H51N9O10/c1-29(2,3)48-28(47)31-12-11-30-21(40)13-33(5)23(42)15-35(7)25(44)17-37(9)27(46)19-38(10)26(45)18-36(8)24(43)16-34(6)22(41)14-32(4)20-39/h20H,11-19H2,1-10H3,(H,30,40)(H,31,47). The molecule has 0 saturated carbocycles. The Balaban J connectivity index is 4.65. The van der Waals surface area contributed by atoms with Gasteiger partial charge in [0.05, 0.1) is 45.8 Å². The quantitative estimate of drug-likeness (QED) is 0.107. The minimum atomic E-state index is -0.656. The Morgan fingerprint density at radius 2 is 0.792 bits per heavy atom. The van der Waals surface area contributed by atoms with Gasteiger partial charge in [-0.1, -0.05) is 0 Å². The highest BCUT2D eigenvalue weighted by atomic mass is 16.6. The number of carbonyl (C=O) groups is 9. The molecule has 19 nitrogen and oxygen atoms in total. The zero-order valence-corrected chi connectivity index (χ0v) is 29.7. The summed E-state index contributed by atoms with van der Waals surface area (Å²) in [7, 11) is 9.63. The summed E-state index contributed by atoms with van der Waals surface area (Å²) in [5.74, 6) is -3.73. The van der Waals surface area contributed by atoms with E-state index < -0.39 is 66.1 Å². The molecule has 0 unspecified atom stereocenters. The third-order valence-corrected chi connectivity index (χ3v) is 6.48. The maximum atomic E-state index is 12.7. The van der Waals surface area contributed by atoms with Crippen LogP contribution in [0.4, 0.5) is 4.79 Å². The van der Waals surface area contributed by atoms with E-state index in [-0.39, 0.29) is 45.8 Å². The lowest BCUT2D eigenvalue weighted by molar-refractivity contribution is -0.145. The number of nitrogens with zero attached hydrogens (tertiary/aromatic N) is 7. The van der Waals surface area contributed by atoms with Gasteiger partial charge in [0.1, 0.15) is 5.60 Å². The molecule has 0 fully saturated rings. The molecule has 0 rings (SSSR count). The van der Waals surface area contributed by atoms with E-state index in [9.17, 15) is 43.2 Å². The lowest BCUT2D eigenvalue weighted by atomic mass is 10.2. The number of amides is 9. The molecule has 0 heterocycles. The van der Waals surface area contributed by atoms with Crippen molar-refractivity contribution >= 4 is 53.9 Å². The number of hydrogen-bond donors (Lipinski definition) is 2. The normalized spacial score (nSPS) is 10.5. The van der Waals surface area contributed by atoms with Crippen LogP contribution in [0.2, 0.25) is 0 Å². The van der Waals surface area contributed by atoms with Crippen LogP contribution in [0.25, 0.3) is 0 Å². The van der Waals surface area contributed by atoms with E-state index in [1.54, 1.807) is 20.8 Å². The van der Waals surface area contributed by atoms with Crippen LogP contribution in [0.5, 0.6) is 0 Å². The predicted molar refractivity (Wildman–Crippen MR) is 172 cm³/mol. The maximum absolute atomic E-state index is 12.7. The summed E-state index contributed by atoms with van der Waals surface area (Å²) < 4.78 is 5.09. The van der Waals surface area contributed by atoms with Gasteiger partial charge in [-0.05, 0) is 20.8 Å². The largest absolute Gasteiger partial charge is 0.444 e. The fourth-order valence-corrected chi connectivity index (χ4v) is 3.47. The van der Waals surface area contributed by atoms with Crippen molar-refractivity contribution in [1.29, 1.82) is 0 Å². The minimum Gasteiger partial charge on any atom is -0.444 e. The average molecular weight is 686 g/mol. The molecule has 272 valence electrons. The first-order valence-corrected chi connectivity index (χ1v) is 14.9. The van der Waals surface area contributed by atoms with Crippen molar-refractivity contribution < 1.29 is 47.9 Å². The molecule has 0 aliphatic rings. The molecule has 0 saturated heterocycles. The molecule has 0 bridgehead atoms. The second-order valence-corrected chi connectivity index (χ2v) is 12.3. The molecular formula is C29H51N9O10. The van der Waals surface area contributed by atoms with Crippen molar-refractivity contribution in [1.82, 2.24) is 44.9 Å². The van der Waals surface area contributed by atoms with Crippen molar-refractivity contribution in [2.24, 2.45) is 0 Å². The molecule has 0 atom stereocenters. The van der Waals surface area contributed by atoms with Gasteiger partial charge in [-0.15, -0.1) is 0 Å². The van der Waals surface area contributed by atoms with Gasteiger partial charge in [-0.25, -0.2) is 4.79 Å². The van der Waals surface area contributed by atoms with E-state index in [0.29, 0.717) is 6.41 Å². The molecule has 2 N–H and O–H groups in total. The molecule has 0 spiro atoms. The Labute approximate surface area is 281 Å². The predicted octanol–water partition coefficient (Wildman–Crippen LogP) is -3.53. The highest BCUT2D eigenvalue weighted by Gasteiger charge is 2.24. The van der Waals surface area contributed by atoms with Crippen LogP contribution < -0.4 is 10.6 Å². The van der Waals surface area contributed by atoms with E-state index in [1.807, 2.05) is 0 Å². The summed E-state index contributed by atoms with van der Waals surface area (Å²) >= 11 is 0. The number of nitrogens with one attached hydrogen (secondary N) is 2. The Bertz CT molecular complexity index is 1190. The number of ether oxygens (including phenoxy) is 1. The summed E-state index contributed by atoms with van der Waals surface area (Å²) in [4.78, 5) is 117. The summed E-state index contributed by atoms with van der Waals surface area (Å²) in [6, 6.07) is 0. The molecule has 0 aliphatic carbocycles. The lowest BCUT2D eigenvalue weighted by Crippen LogP contribution is -2.49. The van der Waals surface area contributed by atoms with Crippen molar-refractivity contribution in [2.45, 2.75) is 26.4 Å². The lowest BCUT2D eigenvalue weighted by Gasteiger charge is -2.27. The van der Waals surface area contributed by atoms with E-state index in [1.165, 1.54) is 49.3 Å². The van der Waals surface area contributed by atoms with Crippen molar-refractivity contribution in [3.05, 3.63) is 0 Å². The minimum absolute atomic E-state index is 0.108. The van der Waals surface area contributed by atoms with Crippen molar-refractivity contribution in [3.63, 3.8) is 0 Å². The molecule has 19 heteroatoms. The third kappa shape index (κ3) is 17.7. The van der Waals surface area contributed by atoms with Gasteiger partial charge in [0, 0.05) is 62.4 Å². The van der Waals surface area contributed by atoms with E-state index >= 15 is 0 Å². The summed E-state index contributed by atoms with van der Waals surface area (Å²) in [6.45, 7) is 3.04. The molecule has 48 heavy (non-hydrogen) atoms. The smallest absolute Gasteiger partial charge is 0.407 e. The van der Waals surface area contributed by atoms with Gasteiger partial charge in [0.25, 0.3) is 0 Å². The number of alkyl carbamates (subject to hydrolysis) is 1. The Morgan fingerprint density at radius 3 is 1.10 bits per heavy atom. The molecule has 0 radical (unpaired) electrons. The van der Waals surface area contributed by atoms with Crippen LogP contribution >= 0.6 is 0 Å². The number of rotatable bonds is 18. The topological polar surface area (TPSA) is 210 Å². The second-order valence-electron chi connectivity index (χ2n) is 12.3. The Morgan fingerprint density at radius 1 is 0.500 bits per heavy atom. The highest BCUT2D eigenvalue weighted by Crippen LogP contribution is 2.06. The highest BCUT2D eigenvalue weighted by molar-refractivity contribution is 5.92. The fourth-order valence-electron chi connectivity index (χ4n) is 3.47. The van der Waals surface area contributed by atoms with Crippen LogP contribution in [0.15, 0.2) is 0 Å². The molecule has 9 amide bonds. The summed E-state index contributed by atoms with van der Waals surface area (Å²) in [5, 5.41) is 5.05. The Hall–Kier alpha value is -4.97. The van der Waals surface area contributed by atoms with Crippen molar-refractivity contribution in [3.8, 4) is 0 Å². The summed E-state index contributed by atoms with van der Waals surface area (Å²) in [5.41, 5.74) is -0.656. The summed E-state index contributed by atoms with van der Waals surface area (Å²) in [6.07, 6.45) is -0.147. The first-order chi connectivity index (χ1) is 22.1. The zero-order valence-electron chi connectivity index (χ0n) is 29.7. The van der Waals surface area contributed by atoms with E-state index in [4.69, 9.17) is 4.74 Å². The van der Waals surface area contributed by atoms with Gasteiger partial charge in [-0.3, -0.25) is 38.4 Å². The van der Waals surface area contributed by atoms with Crippen LogP contribution in [0.3, 0.4) is 0 Å². The van der Waals surface area contributed by atoms with Gasteiger partial charge >= 0.3 is 6.09 Å². The molecule has 0 aromatic heterocycles. The second kappa shape index (κ2) is 20.3. The number of likely N-dealkylation sites (N-methyl/N-ethyl adjacent to an activating group) is 7. The van der Waals surface area contributed by atoms with Crippen LogP contribution in [-0.2, 0) is 43.1 Å². The van der Waals surface area contributed by atoms with Crippen LogP contribution in [0.1, 0.15) is 20.8 Å². The number of carbonyl (C=O) groups excluding carboxylic acids is 9. The van der Waals surface area contributed by atoms with Crippen LogP contribution in [0, 0.1) is 0 Å². The van der Waals surface area contributed by atoms with Gasteiger partial charge in [0.2, 0.25) is 47.8 Å². The van der Waals surface area contributed by atoms with Crippen LogP contribution in [-0.4, -0.2) is 202 Å². The first kappa shape index (κ1) is 43.0. The molecule has 0 aromatic rings. The first-order valence-electron chi connectivity index (χ1n) is 14.9. The third-order valence-electron chi connectivity index (χ3n) is 6.48. The zero-order chi connectivity index (χ0) is 37.4. The Kier molecular flexibility index (Phi) is 18.2.